The van der Waals surface area contributed by atoms with Gasteiger partial charge in [-0.2, -0.15) is 5.10 Å². The summed E-state index contributed by atoms with van der Waals surface area (Å²) in [4.78, 5) is 26.7. The van der Waals surface area contributed by atoms with Gasteiger partial charge in [-0.25, -0.2) is 4.79 Å². The molecule has 0 spiro atoms. The number of nitrogens with one attached hydrogen (secondary N) is 1. The zero-order chi connectivity index (χ0) is 19.8. The highest BCUT2D eigenvalue weighted by Gasteiger charge is 2.30. The standard InChI is InChI=1S/C19H23ClN4O3/c1-19(2,3)27-18(26)24-10-9-15-13(11-24)16(23(4)22-15)21-17(25)12-7-5-6-8-14(12)20/h5-8H,9-11H2,1-4H3,(H,21,25). The molecule has 1 aliphatic heterocycles. The quantitative estimate of drug-likeness (QED) is 0.849. The maximum Gasteiger partial charge on any atom is 0.410 e. The van der Waals surface area contributed by atoms with Gasteiger partial charge in [0.05, 0.1) is 22.8 Å². The Kier molecular flexibility index (Phi) is 5.15. The van der Waals surface area contributed by atoms with Crippen LogP contribution in [0.1, 0.15) is 42.4 Å². The van der Waals surface area contributed by atoms with Crippen molar-refractivity contribution >= 4 is 29.4 Å². The minimum Gasteiger partial charge on any atom is -0.444 e. The van der Waals surface area contributed by atoms with Crippen molar-refractivity contribution in [3.8, 4) is 0 Å². The van der Waals surface area contributed by atoms with E-state index in [1.165, 1.54) is 0 Å². The fourth-order valence-electron chi connectivity index (χ4n) is 2.96. The van der Waals surface area contributed by atoms with Crippen molar-refractivity contribution < 1.29 is 14.3 Å². The number of aryl methyl sites for hydroxylation is 1. The van der Waals surface area contributed by atoms with Gasteiger partial charge in [-0.05, 0) is 32.9 Å². The van der Waals surface area contributed by atoms with Crippen LogP contribution in [0.3, 0.4) is 0 Å². The Morgan fingerprint density at radius 1 is 1.26 bits per heavy atom. The molecule has 3 rings (SSSR count). The molecule has 0 saturated carbocycles. The first-order valence-electron chi connectivity index (χ1n) is 8.74. The molecular weight excluding hydrogens is 368 g/mol. The Morgan fingerprint density at radius 2 is 1.96 bits per heavy atom. The fourth-order valence-corrected chi connectivity index (χ4v) is 3.18. The Morgan fingerprint density at radius 3 is 2.63 bits per heavy atom. The number of hydrogen-bond acceptors (Lipinski definition) is 4. The number of aromatic nitrogens is 2. The number of amides is 2. The van der Waals surface area contributed by atoms with Crippen molar-refractivity contribution in [2.45, 2.75) is 39.3 Å². The lowest BCUT2D eigenvalue weighted by molar-refractivity contribution is 0.0224. The summed E-state index contributed by atoms with van der Waals surface area (Å²) in [5.74, 6) is 0.240. The lowest BCUT2D eigenvalue weighted by Crippen LogP contribution is -2.40. The Labute approximate surface area is 163 Å². The third-order valence-electron chi connectivity index (χ3n) is 4.20. The molecule has 2 amide bonds. The largest absolute Gasteiger partial charge is 0.444 e. The first-order chi connectivity index (χ1) is 12.7. The third-order valence-corrected chi connectivity index (χ3v) is 4.53. The molecule has 0 unspecified atom stereocenters. The van der Waals surface area contributed by atoms with Crippen molar-refractivity contribution in [2.75, 3.05) is 11.9 Å². The van der Waals surface area contributed by atoms with E-state index in [2.05, 4.69) is 10.4 Å². The van der Waals surface area contributed by atoms with Gasteiger partial charge in [0.25, 0.3) is 5.91 Å². The molecule has 0 saturated heterocycles. The molecule has 0 radical (unpaired) electrons. The Hall–Kier alpha value is -2.54. The number of fused-ring (bicyclic) bond motifs is 1. The molecule has 1 N–H and O–H groups in total. The van der Waals surface area contributed by atoms with E-state index in [4.69, 9.17) is 16.3 Å². The van der Waals surface area contributed by atoms with Gasteiger partial charge in [0.15, 0.2) is 0 Å². The topological polar surface area (TPSA) is 76.5 Å². The average Bonchev–Trinajstić information content (AvgIpc) is 2.88. The number of hydrogen-bond donors (Lipinski definition) is 1. The normalized spacial score (nSPS) is 13.9. The number of nitrogens with zero attached hydrogens (tertiary/aromatic N) is 3. The molecule has 144 valence electrons. The van der Waals surface area contributed by atoms with Crippen molar-refractivity contribution in [3.05, 3.63) is 46.1 Å². The summed E-state index contributed by atoms with van der Waals surface area (Å²) in [6, 6.07) is 6.85. The molecule has 7 nitrogen and oxygen atoms in total. The SMILES string of the molecule is Cn1nc2c(c1NC(=O)c1ccccc1Cl)CN(C(=O)OC(C)(C)C)CC2. The lowest BCUT2D eigenvalue weighted by Gasteiger charge is -2.29. The van der Waals surface area contributed by atoms with Crippen molar-refractivity contribution in [3.63, 3.8) is 0 Å². The minimum absolute atomic E-state index is 0.319. The molecule has 8 heteroatoms. The average molecular weight is 391 g/mol. The van der Waals surface area contributed by atoms with Crippen LogP contribution in [0.15, 0.2) is 24.3 Å². The molecule has 0 fully saturated rings. The van der Waals surface area contributed by atoms with Crippen molar-refractivity contribution in [1.29, 1.82) is 0 Å². The number of carbonyl (C=O) groups is 2. The number of ether oxygens (including phenoxy) is 1. The maximum atomic E-state index is 12.6. The zero-order valence-electron chi connectivity index (χ0n) is 15.9. The molecular formula is C19H23ClN4O3. The van der Waals surface area contributed by atoms with E-state index >= 15 is 0 Å². The molecule has 1 aromatic heterocycles. The zero-order valence-corrected chi connectivity index (χ0v) is 16.6. The monoisotopic (exact) mass is 390 g/mol. The van der Waals surface area contributed by atoms with Gasteiger partial charge in [-0.15, -0.1) is 0 Å². The number of rotatable bonds is 2. The first kappa shape index (κ1) is 19.2. The van der Waals surface area contributed by atoms with Crippen LogP contribution < -0.4 is 5.32 Å². The summed E-state index contributed by atoms with van der Waals surface area (Å²) < 4.78 is 7.08. The molecule has 0 atom stereocenters. The molecule has 1 aliphatic rings. The molecule has 0 aliphatic carbocycles. The van der Waals surface area contributed by atoms with Crippen LogP contribution in [-0.4, -0.2) is 38.8 Å². The summed E-state index contributed by atoms with van der Waals surface area (Å²) >= 11 is 6.12. The van der Waals surface area contributed by atoms with E-state index in [1.54, 1.807) is 40.9 Å². The third kappa shape index (κ3) is 4.24. The van der Waals surface area contributed by atoms with Gasteiger partial charge in [0.1, 0.15) is 11.4 Å². The highest BCUT2D eigenvalue weighted by atomic mass is 35.5. The number of halogens is 1. The lowest BCUT2D eigenvalue weighted by atomic mass is 10.1. The predicted octanol–water partition coefficient (Wildman–Crippen LogP) is 3.62. The molecule has 27 heavy (non-hydrogen) atoms. The van der Waals surface area contributed by atoms with E-state index in [0.717, 1.165) is 11.3 Å². The van der Waals surface area contributed by atoms with Crippen LogP contribution in [0.2, 0.25) is 5.02 Å². The summed E-state index contributed by atoms with van der Waals surface area (Å²) in [6.07, 6.45) is 0.227. The smallest absolute Gasteiger partial charge is 0.410 e. The van der Waals surface area contributed by atoms with E-state index in [-0.39, 0.29) is 12.0 Å². The highest BCUT2D eigenvalue weighted by molar-refractivity contribution is 6.34. The second kappa shape index (κ2) is 7.23. The number of anilines is 1. The van der Waals surface area contributed by atoms with Crippen LogP contribution >= 0.6 is 11.6 Å². The van der Waals surface area contributed by atoms with E-state index < -0.39 is 5.60 Å². The van der Waals surface area contributed by atoms with Crippen LogP contribution in [0.4, 0.5) is 10.6 Å². The van der Waals surface area contributed by atoms with Crippen LogP contribution in [0, 0.1) is 0 Å². The second-order valence-corrected chi connectivity index (χ2v) is 7.89. The molecule has 1 aromatic carbocycles. The van der Waals surface area contributed by atoms with Crippen LogP contribution in [-0.2, 0) is 24.8 Å². The minimum atomic E-state index is -0.562. The fraction of sp³-hybridized carbons (Fsp3) is 0.421. The van der Waals surface area contributed by atoms with Gasteiger partial charge in [-0.3, -0.25) is 9.48 Å². The number of carbonyl (C=O) groups excluding carboxylic acids is 2. The van der Waals surface area contributed by atoms with Crippen LogP contribution in [0.25, 0.3) is 0 Å². The molecule has 2 heterocycles. The second-order valence-electron chi connectivity index (χ2n) is 7.48. The highest BCUT2D eigenvalue weighted by Crippen LogP contribution is 2.28. The Balaban J connectivity index is 1.82. The van der Waals surface area contributed by atoms with E-state index in [0.29, 0.717) is 35.9 Å². The molecule has 2 aromatic rings. The number of benzene rings is 1. The van der Waals surface area contributed by atoms with Gasteiger partial charge in [0.2, 0.25) is 0 Å². The van der Waals surface area contributed by atoms with E-state index in [9.17, 15) is 9.59 Å². The van der Waals surface area contributed by atoms with Gasteiger partial charge >= 0.3 is 6.09 Å². The van der Waals surface area contributed by atoms with Crippen LogP contribution in [0.5, 0.6) is 0 Å². The van der Waals surface area contributed by atoms with Gasteiger partial charge in [0, 0.05) is 25.6 Å². The van der Waals surface area contributed by atoms with E-state index in [1.807, 2.05) is 20.8 Å². The summed E-state index contributed by atoms with van der Waals surface area (Å²) in [5, 5.41) is 7.74. The predicted molar refractivity (Wildman–Crippen MR) is 103 cm³/mol. The summed E-state index contributed by atoms with van der Waals surface area (Å²) in [5.41, 5.74) is 1.50. The van der Waals surface area contributed by atoms with Crippen molar-refractivity contribution in [2.24, 2.45) is 7.05 Å². The van der Waals surface area contributed by atoms with Gasteiger partial charge in [-0.1, -0.05) is 23.7 Å². The van der Waals surface area contributed by atoms with Gasteiger partial charge < -0.3 is 15.0 Å². The first-order valence-corrected chi connectivity index (χ1v) is 9.12. The summed E-state index contributed by atoms with van der Waals surface area (Å²) in [7, 11) is 1.76. The maximum absolute atomic E-state index is 12.6. The van der Waals surface area contributed by atoms with Crippen molar-refractivity contribution in [1.82, 2.24) is 14.7 Å². The summed E-state index contributed by atoms with van der Waals surface area (Å²) in [6.45, 7) is 6.35. The Bertz CT molecular complexity index is 886. The molecule has 0 bridgehead atoms.